The minimum absolute atomic E-state index is 0.0807. The molecule has 0 saturated carbocycles. The lowest BCUT2D eigenvalue weighted by atomic mass is 9.88. The Bertz CT molecular complexity index is 169. The Labute approximate surface area is 105 Å². The molecule has 0 aliphatic carbocycles. The van der Waals surface area contributed by atoms with Gasteiger partial charge in [0.1, 0.15) is 0 Å². The number of aliphatic hydroxyl groups is 4. The van der Waals surface area contributed by atoms with E-state index in [0.717, 1.165) is 12.8 Å². The third kappa shape index (κ3) is 13.8. The van der Waals surface area contributed by atoms with Gasteiger partial charge in [-0.3, -0.25) is 0 Å². The van der Waals surface area contributed by atoms with Gasteiger partial charge in [0.25, 0.3) is 0 Å². The van der Waals surface area contributed by atoms with Crippen LogP contribution in [-0.4, -0.2) is 45.3 Å². The molecule has 1 unspecified atom stereocenters. The fourth-order valence-electron chi connectivity index (χ4n) is 1.53. The molecule has 0 fully saturated rings. The van der Waals surface area contributed by atoms with Crippen LogP contribution in [0.1, 0.15) is 53.9 Å². The van der Waals surface area contributed by atoms with Crippen LogP contribution < -0.4 is 0 Å². The third-order valence-corrected chi connectivity index (χ3v) is 2.41. The molecule has 4 nitrogen and oxygen atoms in total. The van der Waals surface area contributed by atoms with Crippen molar-refractivity contribution in [3.63, 3.8) is 0 Å². The first-order valence-electron chi connectivity index (χ1n) is 6.22. The van der Waals surface area contributed by atoms with Crippen LogP contribution in [0.2, 0.25) is 0 Å². The molecule has 106 valence electrons. The zero-order chi connectivity index (χ0) is 14.1. The predicted molar refractivity (Wildman–Crippen MR) is 69.8 cm³/mol. The van der Waals surface area contributed by atoms with Crippen LogP contribution in [-0.2, 0) is 0 Å². The summed E-state index contributed by atoms with van der Waals surface area (Å²) in [5.74, 6) is 0. The van der Waals surface area contributed by atoms with Gasteiger partial charge in [0, 0.05) is 11.8 Å². The Morgan fingerprint density at radius 1 is 1.06 bits per heavy atom. The van der Waals surface area contributed by atoms with Crippen molar-refractivity contribution in [3.05, 3.63) is 0 Å². The normalized spacial score (nSPS) is 13.9. The smallest absolute Gasteiger partial charge is 0.0616 e. The minimum atomic E-state index is -0.728. The second kappa shape index (κ2) is 8.86. The van der Waals surface area contributed by atoms with Gasteiger partial charge in [-0.1, -0.05) is 20.3 Å². The molecule has 0 saturated heterocycles. The largest absolute Gasteiger partial charge is 0.396 e. The molecule has 0 heterocycles. The van der Waals surface area contributed by atoms with Crippen LogP contribution in [0.3, 0.4) is 0 Å². The number of hydrogen-bond acceptors (Lipinski definition) is 4. The molecular formula is C13H30O4. The lowest BCUT2D eigenvalue weighted by Crippen LogP contribution is -2.25. The number of hydrogen-bond donors (Lipinski definition) is 4. The Morgan fingerprint density at radius 2 is 1.47 bits per heavy atom. The van der Waals surface area contributed by atoms with Gasteiger partial charge in [0.2, 0.25) is 0 Å². The van der Waals surface area contributed by atoms with Crippen molar-refractivity contribution < 1.29 is 20.4 Å². The van der Waals surface area contributed by atoms with Crippen LogP contribution in [0.15, 0.2) is 0 Å². The van der Waals surface area contributed by atoms with Crippen LogP contribution >= 0.6 is 0 Å². The topological polar surface area (TPSA) is 80.9 Å². The second-order valence-electron chi connectivity index (χ2n) is 5.74. The zero-order valence-electron chi connectivity index (χ0n) is 11.9. The maximum atomic E-state index is 9.03. The third-order valence-electron chi connectivity index (χ3n) is 2.41. The highest BCUT2D eigenvalue weighted by molar-refractivity contribution is 4.70. The molecule has 0 radical (unpaired) electrons. The number of rotatable bonds is 6. The van der Waals surface area contributed by atoms with E-state index < -0.39 is 11.7 Å². The maximum Gasteiger partial charge on any atom is 0.0616 e. The van der Waals surface area contributed by atoms with Crippen molar-refractivity contribution in [2.24, 2.45) is 5.41 Å². The fourth-order valence-corrected chi connectivity index (χ4v) is 1.53. The first-order chi connectivity index (χ1) is 7.60. The average Bonchev–Trinajstić information content (AvgIpc) is 2.15. The Kier molecular flexibility index (Phi) is 10.0. The monoisotopic (exact) mass is 250 g/mol. The van der Waals surface area contributed by atoms with Crippen LogP contribution in [0.25, 0.3) is 0 Å². The first kappa shape index (κ1) is 19.2. The minimum Gasteiger partial charge on any atom is -0.396 e. The maximum absolute atomic E-state index is 9.03. The molecule has 4 N–H and O–H groups in total. The highest BCUT2D eigenvalue weighted by Gasteiger charge is 2.20. The molecule has 4 heteroatoms. The van der Waals surface area contributed by atoms with Gasteiger partial charge in [-0.05, 0) is 27.2 Å². The molecule has 1 atom stereocenters. The van der Waals surface area contributed by atoms with Gasteiger partial charge in [-0.15, -0.1) is 0 Å². The molecule has 0 aliphatic heterocycles. The van der Waals surface area contributed by atoms with E-state index in [1.807, 2.05) is 13.8 Å². The summed E-state index contributed by atoms with van der Waals surface area (Å²) in [5.41, 5.74) is -0.983. The van der Waals surface area contributed by atoms with E-state index in [9.17, 15) is 0 Å². The van der Waals surface area contributed by atoms with E-state index in [1.165, 1.54) is 0 Å². The number of aliphatic hydroxyl groups excluding tert-OH is 3. The summed E-state index contributed by atoms with van der Waals surface area (Å²) in [5, 5.41) is 35.3. The van der Waals surface area contributed by atoms with Crippen molar-refractivity contribution in [3.8, 4) is 0 Å². The van der Waals surface area contributed by atoms with E-state index >= 15 is 0 Å². The van der Waals surface area contributed by atoms with Gasteiger partial charge >= 0.3 is 0 Å². The Hall–Kier alpha value is -0.160. The molecular weight excluding hydrogens is 220 g/mol. The summed E-state index contributed by atoms with van der Waals surface area (Å²) in [4.78, 5) is 0. The van der Waals surface area contributed by atoms with E-state index in [0.29, 0.717) is 6.42 Å². The van der Waals surface area contributed by atoms with Crippen LogP contribution in [0.4, 0.5) is 0 Å². The molecule has 0 spiro atoms. The molecule has 0 rings (SSSR count). The van der Waals surface area contributed by atoms with Gasteiger partial charge in [-0.2, -0.15) is 0 Å². The summed E-state index contributed by atoms with van der Waals surface area (Å²) < 4.78 is 0. The summed E-state index contributed by atoms with van der Waals surface area (Å²) in [6, 6.07) is 0. The lowest BCUT2D eigenvalue weighted by molar-refractivity contribution is 0.0249. The molecule has 0 aromatic heterocycles. The van der Waals surface area contributed by atoms with Gasteiger partial charge < -0.3 is 20.4 Å². The molecule has 0 aliphatic rings. The summed E-state index contributed by atoms with van der Waals surface area (Å²) in [6.07, 6.45) is 1.93. The van der Waals surface area contributed by atoms with Crippen LogP contribution in [0, 0.1) is 5.41 Å². The highest BCUT2D eigenvalue weighted by Crippen LogP contribution is 2.20. The summed E-state index contributed by atoms with van der Waals surface area (Å²) in [6.45, 7) is 9.12. The molecule has 0 amide bonds. The van der Waals surface area contributed by atoms with E-state index in [1.54, 1.807) is 20.8 Å². The Balaban J connectivity index is 0. The molecule has 0 bridgehead atoms. The molecule has 0 aromatic carbocycles. The first-order valence-corrected chi connectivity index (χ1v) is 6.22. The Morgan fingerprint density at radius 3 is 1.53 bits per heavy atom. The van der Waals surface area contributed by atoms with Crippen LogP contribution in [0.5, 0.6) is 0 Å². The van der Waals surface area contributed by atoms with Gasteiger partial charge in [0.15, 0.2) is 0 Å². The average molecular weight is 250 g/mol. The standard InChI is InChI=1S/C7H16O2.C6H14O2/c1-3-4-7(2,5-8)6-9;1-5(7)4-6(2,3)8/h8-9H,3-6H2,1-2H3;5,7-8H,4H2,1-3H3. The predicted octanol–water partition coefficient (Wildman–Crippen LogP) is 1.31. The van der Waals surface area contributed by atoms with Crippen molar-refractivity contribution in [2.75, 3.05) is 13.2 Å². The van der Waals surface area contributed by atoms with E-state index in [4.69, 9.17) is 20.4 Å². The van der Waals surface area contributed by atoms with Gasteiger partial charge in [0.05, 0.1) is 24.9 Å². The molecule has 17 heavy (non-hydrogen) atoms. The van der Waals surface area contributed by atoms with Crippen molar-refractivity contribution in [1.29, 1.82) is 0 Å². The van der Waals surface area contributed by atoms with Crippen molar-refractivity contribution >= 4 is 0 Å². The zero-order valence-corrected chi connectivity index (χ0v) is 11.9. The SMILES string of the molecule is CC(O)CC(C)(C)O.CCCC(C)(CO)CO. The highest BCUT2D eigenvalue weighted by atomic mass is 16.3. The quantitative estimate of drug-likeness (QED) is 0.573. The lowest BCUT2D eigenvalue weighted by Gasteiger charge is -2.23. The van der Waals surface area contributed by atoms with Crippen molar-refractivity contribution in [1.82, 2.24) is 0 Å². The molecule has 0 aromatic rings. The van der Waals surface area contributed by atoms with E-state index in [-0.39, 0.29) is 18.6 Å². The second-order valence-corrected chi connectivity index (χ2v) is 5.74. The summed E-state index contributed by atoms with van der Waals surface area (Å²) >= 11 is 0. The fraction of sp³-hybridized carbons (Fsp3) is 1.00. The summed E-state index contributed by atoms with van der Waals surface area (Å²) in [7, 11) is 0. The van der Waals surface area contributed by atoms with E-state index in [2.05, 4.69) is 0 Å². The van der Waals surface area contributed by atoms with Gasteiger partial charge in [-0.25, -0.2) is 0 Å². The van der Waals surface area contributed by atoms with Crippen molar-refractivity contribution in [2.45, 2.75) is 65.6 Å².